The molecule has 60 valence electrons. The van der Waals surface area contributed by atoms with E-state index in [0.29, 0.717) is 24.7 Å². The van der Waals surface area contributed by atoms with Gasteiger partial charge >= 0.3 is 6.09 Å². The molecule has 0 bridgehead atoms. The number of fused-ring (bicyclic) bond motifs is 1. The molecule has 2 aliphatic carbocycles. The van der Waals surface area contributed by atoms with Gasteiger partial charge in [-0.05, 0) is 11.8 Å². The first-order valence-electron chi connectivity index (χ1n) is 3.69. The Labute approximate surface area is 63.6 Å². The summed E-state index contributed by atoms with van der Waals surface area (Å²) < 4.78 is 0. The first-order chi connectivity index (χ1) is 5.18. The molecule has 1 unspecified atom stereocenters. The number of carbonyl (C=O) groups excluding carboxylic acids is 1. The van der Waals surface area contributed by atoms with Crippen molar-refractivity contribution in [2.24, 2.45) is 11.8 Å². The predicted molar refractivity (Wildman–Crippen MR) is 36.2 cm³/mol. The van der Waals surface area contributed by atoms with Gasteiger partial charge in [0.25, 0.3) is 0 Å². The molecule has 0 radical (unpaired) electrons. The second-order valence-corrected chi connectivity index (χ2v) is 3.25. The second-order valence-electron chi connectivity index (χ2n) is 3.25. The molecule has 0 aromatic heterocycles. The fraction of sp³-hybridized carbons (Fsp3) is 0.714. The molecular weight excluding hydrogens is 146 g/mol. The molecule has 0 aromatic rings. The number of hydrogen-bond donors (Lipinski definition) is 2. The zero-order chi connectivity index (χ0) is 8.01. The number of ketones is 1. The Morgan fingerprint density at radius 1 is 1.45 bits per heavy atom. The van der Waals surface area contributed by atoms with E-state index in [1.165, 1.54) is 0 Å². The monoisotopic (exact) mass is 155 g/mol. The highest BCUT2D eigenvalue weighted by atomic mass is 16.4. The lowest BCUT2D eigenvalue weighted by molar-refractivity contribution is -0.118. The number of rotatable bonds is 1. The quantitative estimate of drug-likeness (QED) is 0.569. The van der Waals surface area contributed by atoms with Gasteiger partial charge in [0.15, 0.2) is 0 Å². The van der Waals surface area contributed by atoms with Crippen LogP contribution >= 0.6 is 0 Å². The van der Waals surface area contributed by atoms with Crippen LogP contribution in [0.4, 0.5) is 4.79 Å². The van der Waals surface area contributed by atoms with Crippen LogP contribution in [0.5, 0.6) is 0 Å². The van der Waals surface area contributed by atoms with Crippen LogP contribution in [0.1, 0.15) is 12.8 Å². The van der Waals surface area contributed by atoms with Gasteiger partial charge in [0, 0.05) is 18.9 Å². The van der Waals surface area contributed by atoms with E-state index >= 15 is 0 Å². The van der Waals surface area contributed by atoms with Crippen LogP contribution in [0, 0.1) is 11.8 Å². The molecule has 0 aromatic carbocycles. The molecule has 1 amide bonds. The van der Waals surface area contributed by atoms with E-state index in [9.17, 15) is 9.59 Å². The van der Waals surface area contributed by atoms with Gasteiger partial charge in [0.1, 0.15) is 5.78 Å². The minimum atomic E-state index is -0.975. The second kappa shape index (κ2) is 1.96. The van der Waals surface area contributed by atoms with Gasteiger partial charge in [-0.2, -0.15) is 0 Å². The van der Waals surface area contributed by atoms with Gasteiger partial charge in [-0.3, -0.25) is 4.79 Å². The minimum Gasteiger partial charge on any atom is -0.465 e. The maximum absolute atomic E-state index is 10.7. The number of nitrogens with one attached hydrogen (secondary N) is 1. The van der Waals surface area contributed by atoms with Crippen molar-refractivity contribution in [3.63, 3.8) is 0 Å². The van der Waals surface area contributed by atoms with Crippen molar-refractivity contribution in [2.75, 3.05) is 0 Å². The largest absolute Gasteiger partial charge is 0.465 e. The summed E-state index contributed by atoms with van der Waals surface area (Å²) in [6.07, 6.45) is 0.183. The van der Waals surface area contributed by atoms with E-state index < -0.39 is 6.09 Å². The molecule has 2 N–H and O–H groups in total. The Kier molecular flexibility index (Phi) is 1.19. The molecule has 3 atom stereocenters. The molecule has 4 heteroatoms. The van der Waals surface area contributed by atoms with Crippen molar-refractivity contribution in [3.05, 3.63) is 0 Å². The Hall–Kier alpha value is -1.06. The minimum absolute atomic E-state index is 0.0743. The van der Waals surface area contributed by atoms with Crippen LogP contribution in [-0.4, -0.2) is 23.0 Å². The summed E-state index contributed by atoms with van der Waals surface area (Å²) in [5.74, 6) is 0.917. The predicted octanol–water partition coefficient (Wildman–Crippen LogP) is 0.231. The maximum atomic E-state index is 10.7. The summed E-state index contributed by atoms with van der Waals surface area (Å²) in [7, 11) is 0. The summed E-state index contributed by atoms with van der Waals surface area (Å²) >= 11 is 0. The van der Waals surface area contributed by atoms with Crippen molar-refractivity contribution in [3.8, 4) is 0 Å². The fourth-order valence-corrected chi connectivity index (χ4v) is 1.97. The van der Waals surface area contributed by atoms with E-state index in [1.54, 1.807) is 0 Å². The van der Waals surface area contributed by atoms with Gasteiger partial charge in [-0.1, -0.05) is 0 Å². The molecule has 2 saturated carbocycles. The van der Waals surface area contributed by atoms with Crippen molar-refractivity contribution in [1.82, 2.24) is 5.32 Å². The highest BCUT2D eigenvalue weighted by molar-refractivity contribution is 5.83. The van der Waals surface area contributed by atoms with E-state index in [-0.39, 0.29) is 11.8 Å². The lowest BCUT2D eigenvalue weighted by Gasteiger charge is -2.00. The topological polar surface area (TPSA) is 66.4 Å². The van der Waals surface area contributed by atoms with Crippen molar-refractivity contribution in [1.29, 1.82) is 0 Å². The molecular formula is C7H9NO3. The summed E-state index contributed by atoms with van der Waals surface area (Å²) in [6.45, 7) is 0. The average Bonchev–Trinajstić information content (AvgIpc) is 2.43. The highest BCUT2D eigenvalue weighted by Gasteiger charge is 2.56. The molecule has 0 heterocycles. The maximum Gasteiger partial charge on any atom is 0.404 e. The molecule has 11 heavy (non-hydrogen) atoms. The third-order valence-electron chi connectivity index (χ3n) is 2.55. The van der Waals surface area contributed by atoms with Crippen LogP contribution in [0.3, 0.4) is 0 Å². The van der Waals surface area contributed by atoms with Crippen LogP contribution < -0.4 is 5.32 Å². The lowest BCUT2D eigenvalue weighted by atomic mass is 10.2. The van der Waals surface area contributed by atoms with Gasteiger partial charge in [0.2, 0.25) is 0 Å². The molecule has 0 saturated heterocycles. The van der Waals surface area contributed by atoms with E-state index in [4.69, 9.17) is 5.11 Å². The van der Waals surface area contributed by atoms with Gasteiger partial charge in [-0.25, -0.2) is 4.79 Å². The zero-order valence-electron chi connectivity index (χ0n) is 5.91. The Bertz CT molecular complexity index is 212. The van der Waals surface area contributed by atoms with Crippen molar-refractivity contribution in [2.45, 2.75) is 18.9 Å². The molecule has 0 spiro atoms. The van der Waals surface area contributed by atoms with E-state index in [1.807, 2.05) is 0 Å². The van der Waals surface area contributed by atoms with Crippen LogP contribution in [0.2, 0.25) is 0 Å². The third kappa shape index (κ3) is 0.982. The average molecular weight is 155 g/mol. The van der Waals surface area contributed by atoms with Gasteiger partial charge < -0.3 is 10.4 Å². The number of Topliss-reactive ketones (excluding diaryl/α,β-unsaturated/α-hetero) is 1. The molecule has 0 aliphatic heterocycles. The van der Waals surface area contributed by atoms with Gasteiger partial charge in [0.05, 0.1) is 0 Å². The normalized spacial score (nSPS) is 40.0. The van der Waals surface area contributed by atoms with Crippen molar-refractivity contribution >= 4 is 11.9 Å². The first kappa shape index (κ1) is 6.64. The Morgan fingerprint density at radius 3 is 2.45 bits per heavy atom. The molecule has 2 aliphatic rings. The first-order valence-corrected chi connectivity index (χ1v) is 3.69. The Morgan fingerprint density at radius 2 is 2.00 bits per heavy atom. The van der Waals surface area contributed by atoms with E-state index in [2.05, 4.69) is 5.32 Å². The number of hydrogen-bond acceptors (Lipinski definition) is 2. The van der Waals surface area contributed by atoms with E-state index in [0.717, 1.165) is 0 Å². The smallest absolute Gasteiger partial charge is 0.404 e. The zero-order valence-corrected chi connectivity index (χ0v) is 5.91. The lowest BCUT2D eigenvalue weighted by Crippen LogP contribution is -2.27. The van der Waals surface area contributed by atoms with Crippen LogP contribution in [0.15, 0.2) is 0 Å². The standard InChI is InChI=1S/C7H9NO3/c9-3-1-4-5(2-3)6(4)8-7(10)11/h4-6,8H,1-2H2,(H,10,11)/t4-,5+,6?. The SMILES string of the molecule is O=C1C[C@@H]2C(NC(=O)O)[C@@H]2C1. The summed E-state index contributed by atoms with van der Waals surface area (Å²) in [4.78, 5) is 20.9. The molecule has 2 rings (SSSR count). The summed E-state index contributed by atoms with van der Waals surface area (Å²) in [5.41, 5.74) is 0. The number of carboxylic acid groups (broad SMARTS) is 1. The molecule has 2 fully saturated rings. The fourth-order valence-electron chi connectivity index (χ4n) is 1.97. The van der Waals surface area contributed by atoms with Crippen LogP contribution in [0.25, 0.3) is 0 Å². The number of amides is 1. The van der Waals surface area contributed by atoms with Crippen molar-refractivity contribution < 1.29 is 14.7 Å². The number of carbonyl (C=O) groups is 2. The van der Waals surface area contributed by atoms with Gasteiger partial charge in [-0.15, -0.1) is 0 Å². The third-order valence-corrected chi connectivity index (χ3v) is 2.55. The Balaban J connectivity index is 1.88. The van der Waals surface area contributed by atoms with Crippen LogP contribution in [-0.2, 0) is 4.79 Å². The highest BCUT2D eigenvalue weighted by Crippen LogP contribution is 2.50. The summed E-state index contributed by atoms with van der Waals surface area (Å²) in [5, 5.41) is 10.8. The molecule has 4 nitrogen and oxygen atoms in total. The summed E-state index contributed by atoms with van der Waals surface area (Å²) in [6, 6.07) is 0.0743.